The van der Waals surface area contributed by atoms with E-state index in [1.807, 2.05) is 0 Å². The number of nitrogens with one attached hydrogen (secondary N) is 4. The first-order valence-corrected chi connectivity index (χ1v) is 30.2. The maximum atomic E-state index is 12.8. The van der Waals surface area contributed by atoms with Crippen molar-refractivity contribution in [3.05, 3.63) is 0 Å². The number of aliphatic carboxylic acids is 1. The van der Waals surface area contributed by atoms with Crippen molar-refractivity contribution < 1.29 is 193 Å². The summed E-state index contributed by atoms with van der Waals surface area (Å²) in [4.78, 5) is 62.5. The van der Waals surface area contributed by atoms with E-state index in [0.29, 0.717) is 0 Å². The molecule has 43 heteroatoms. The van der Waals surface area contributed by atoms with Crippen molar-refractivity contribution in [1.29, 1.82) is 0 Å². The molecule has 0 aromatic rings. The van der Waals surface area contributed by atoms with Crippen molar-refractivity contribution in [2.24, 2.45) is 0 Å². The van der Waals surface area contributed by atoms with Gasteiger partial charge in [-0.1, -0.05) is 0 Å². The number of aliphatic hydroxyl groups is 20. The summed E-state index contributed by atoms with van der Waals surface area (Å²) in [5.74, 6) is -8.39. The fourth-order valence-corrected chi connectivity index (χ4v) is 12.1. The van der Waals surface area contributed by atoms with Crippen molar-refractivity contribution in [3.8, 4) is 0 Å². The van der Waals surface area contributed by atoms with Gasteiger partial charge in [-0.05, 0) is 0 Å². The van der Waals surface area contributed by atoms with E-state index in [1.54, 1.807) is 0 Å². The van der Waals surface area contributed by atoms with Crippen molar-refractivity contribution in [2.45, 2.75) is 254 Å². The summed E-state index contributed by atoms with van der Waals surface area (Å²) in [7, 11) is 0. The number of amides is 4. The summed E-state index contributed by atoms with van der Waals surface area (Å²) in [6.45, 7) is -3.37. The molecule has 0 saturated carbocycles. The molecular weight excluding hydrogens is 1320 g/mol. The summed E-state index contributed by atoms with van der Waals surface area (Å²) in [6, 6.07) is -6.91. The number of hydrogen-bond donors (Lipinski definition) is 25. The van der Waals surface area contributed by atoms with Crippen LogP contribution in [0.25, 0.3) is 0 Å². The number of carboxylic acid groups (broad SMARTS) is 1. The Kier molecular flexibility index (Phi) is 28.2. The van der Waals surface area contributed by atoms with Gasteiger partial charge in [0.2, 0.25) is 23.6 Å². The highest BCUT2D eigenvalue weighted by molar-refractivity contribution is 5.77. The fourth-order valence-electron chi connectivity index (χ4n) is 12.1. The van der Waals surface area contributed by atoms with Crippen molar-refractivity contribution in [1.82, 2.24) is 21.3 Å². The molecule has 7 fully saturated rings. The van der Waals surface area contributed by atoms with Crippen molar-refractivity contribution in [3.63, 3.8) is 0 Å². The molecule has 4 amide bonds. The van der Waals surface area contributed by atoms with Crippen LogP contribution in [0.15, 0.2) is 0 Å². The largest absolute Gasteiger partial charge is 0.477 e. The topological polar surface area (TPSA) is 678 Å². The molecule has 554 valence electrons. The van der Waals surface area contributed by atoms with Gasteiger partial charge in [-0.3, -0.25) is 19.2 Å². The molecule has 43 nitrogen and oxygen atoms in total. The quantitative estimate of drug-likeness (QED) is 0.0382. The van der Waals surface area contributed by atoms with Crippen molar-refractivity contribution >= 4 is 29.6 Å². The van der Waals surface area contributed by atoms with Crippen LogP contribution >= 0.6 is 0 Å². The molecule has 0 aromatic carbocycles. The second-order valence-corrected chi connectivity index (χ2v) is 24.0. The van der Waals surface area contributed by atoms with Gasteiger partial charge in [-0.15, -0.1) is 0 Å². The third kappa shape index (κ3) is 17.7. The maximum absolute atomic E-state index is 12.8. The first-order valence-electron chi connectivity index (χ1n) is 30.2. The second-order valence-electron chi connectivity index (χ2n) is 24.0. The molecule has 7 aliphatic heterocycles. The summed E-state index contributed by atoms with van der Waals surface area (Å²) in [6.07, 6.45) is -63.1. The molecule has 0 radical (unpaired) electrons. The van der Waals surface area contributed by atoms with E-state index >= 15 is 0 Å². The van der Waals surface area contributed by atoms with Gasteiger partial charge in [0.15, 0.2) is 37.7 Å². The lowest BCUT2D eigenvalue weighted by Gasteiger charge is -2.50. The van der Waals surface area contributed by atoms with E-state index in [-0.39, 0.29) is 0 Å². The minimum atomic E-state index is -3.02. The molecule has 0 aromatic heterocycles. The average molecular weight is 1410 g/mol. The molecular formula is C53H88N4O39. The molecule has 96 heavy (non-hydrogen) atoms. The molecule has 7 heterocycles. The number of ether oxygens (including phenoxy) is 13. The average Bonchev–Trinajstić information content (AvgIpc) is 0.780. The number of rotatable bonds is 26. The Labute approximate surface area is 543 Å². The minimum absolute atomic E-state index is 0.786. The Morgan fingerprint density at radius 1 is 0.427 bits per heavy atom. The second kappa shape index (κ2) is 34.1. The van der Waals surface area contributed by atoms with Gasteiger partial charge in [0.05, 0.1) is 58.4 Å². The van der Waals surface area contributed by atoms with Crippen LogP contribution in [0.5, 0.6) is 0 Å². The molecule has 0 unspecified atom stereocenters. The van der Waals surface area contributed by atoms with Crippen LogP contribution in [0.1, 0.15) is 34.1 Å². The van der Waals surface area contributed by atoms with Gasteiger partial charge in [-0.2, -0.15) is 0 Å². The standard InChI is InChI=1S/C53H88N4O39/c1-13(63)54-25-17(67)5-53(52(82)83,96-44(25)29(69)18(68)6-58)85-12-24-31(71)37(77)39(79)50(91-24)92-42-22(10-62)90-48(27(35(42)75)56-15(3)65)95-45-32(72)20(8-60)88-51(40(45)80)93-41-21(9-61)89-47(26(34(41)74)55-14(2)64)84-11-23-33(73)43(28(46(81)86-23)57-16(4)66)94-49-38(78)36(76)30(70)19(7-59)87-49/h17-51,58-62,67-81H,5-12H2,1-4H3,(H,54,63)(H,55,64)(H,56,65)(H,57,66)(H,82,83)/t17-,18+,19+,20+,21+,22+,23+,24+,25+,26+,27+,28+,29+,30-,31-,32-,33-,34+,35+,36-,37-,38+,39+,40+,41+,42+,43+,44+,45-,46-,47+,48-,49-,50-,51-,53+/m0/s1. The maximum Gasteiger partial charge on any atom is 0.364 e. The Morgan fingerprint density at radius 3 is 1.31 bits per heavy atom. The van der Waals surface area contributed by atoms with Crippen LogP contribution in [0, 0.1) is 0 Å². The first-order chi connectivity index (χ1) is 45.2. The fraction of sp³-hybridized carbons (Fsp3) is 0.906. The van der Waals surface area contributed by atoms with Crippen LogP contribution < -0.4 is 21.3 Å². The van der Waals surface area contributed by atoms with Gasteiger partial charge in [0.25, 0.3) is 5.79 Å². The van der Waals surface area contributed by atoms with E-state index in [9.17, 15) is 131 Å². The SMILES string of the molecule is CC(=O)N[C@@H]1[C@@H](O[C@@H]2O[C@H](CO)[C@H](O)[C@H](O)[C@H]2O)[C@@H](O)[C@@H](CO[C@@H]2O[C@H](CO)[C@@H](O[C@@H]3O[C@H](CO)[C@H](O)[C@H](O[C@@H]4O[C@H](CO)[C@@H](O[C@@H]5O[C@H](CO[C@]6(C(=O)O)C[C@H](O)[C@@H](NC(C)=O)[C@H]([C@H](O)[C@H](O)CO)O6)[C@H](O)[C@H](O)[C@H]5O)[C@H](O)[C@H]4NC(C)=O)[C@H]3O)[C@H](O)[C@H]2NC(C)=O)O[C@@H]1O. The molecule has 36 atom stereocenters. The molecule has 0 spiro atoms. The van der Waals surface area contributed by atoms with E-state index in [0.717, 1.165) is 27.7 Å². The zero-order chi connectivity index (χ0) is 71.3. The lowest BCUT2D eigenvalue weighted by molar-refractivity contribution is -0.380. The monoisotopic (exact) mass is 1400 g/mol. The third-order valence-electron chi connectivity index (χ3n) is 17.1. The molecule has 7 saturated heterocycles. The molecule has 0 bridgehead atoms. The predicted octanol–water partition coefficient (Wildman–Crippen LogP) is -16.5. The van der Waals surface area contributed by atoms with Crippen molar-refractivity contribution in [2.75, 3.05) is 46.2 Å². The summed E-state index contributed by atoms with van der Waals surface area (Å²) >= 11 is 0. The zero-order valence-corrected chi connectivity index (χ0v) is 51.6. The van der Waals surface area contributed by atoms with E-state index in [2.05, 4.69) is 21.3 Å². The Hall–Kier alpha value is -3.97. The summed E-state index contributed by atoms with van der Waals surface area (Å²) in [5, 5.41) is 237. The van der Waals surface area contributed by atoms with E-state index in [4.69, 9.17) is 61.6 Å². The molecule has 0 aliphatic carbocycles. The lowest BCUT2D eigenvalue weighted by atomic mass is 9.88. The van der Waals surface area contributed by atoms with Crippen LogP contribution in [0.3, 0.4) is 0 Å². The molecule has 7 rings (SSSR count). The summed E-state index contributed by atoms with van der Waals surface area (Å²) in [5.41, 5.74) is 0. The number of carbonyl (C=O) groups excluding carboxylic acids is 4. The highest BCUT2D eigenvalue weighted by Crippen LogP contribution is 2.39. The third-order valence-corrected chi connectivity index (χ3v) is 17.1. The molecule has 7 aliphatic rings. The highest BCUT2D eigenvalue weighted by Gasteiger charge is 2.60. The lowest BCUT2D eigenvalue weighted by Crippen LogP contribution is -2.70. The number of carboxylic acids is 1. The van der Waals surface area contributed by atoms with E-state index < -0.39 is 303 Å². The highest BCUT2D eigenvalue weighted by atomic mass is 16.8. The van der Waals surface area contributed by atoms with Gasteiger partial charge in [-0.25, -0.2) is 4.79 Å². The Morgan fingerprint density at radius 2 is 0.823 bits per heavy atom. The Balaban J connectivity index is 1.05. The number of aliphatic hydroxyl groups excluding tert-OH is 20. The molecule has 25 N–H and O–H groups in total. The normalized spacial score (nSPS) is 46.0. The van der Waals surface area contributed by atoms with Crippen LogP contribution in [-0.2, 0) is 85.6 Å². The van der Waals surface area contributed by atoms with Crippen LogP contribution in [0.2, 0.25) is 0 Å². The Bertz CT molecular complexity index is 2540. The van der Waals surface area contributed by atoms with Gasteiger partial charge in [0, 0.05) is 34.1 Å². The van der Waals surface area contributed by atoms with Crippen LogP contribution in [-0.4, -0.2) is 403 Å². The number of carbonyl (C=O) groups is 5. The predicted molar refractivity (Wildman–Crippen MR) is 295 cm³/mol. The smallest absolute Gasteiger partial charge is 0.364 e. The summed E-state index contributed by atoms with van der Waals surface area (Å²) < 4.78 is 74.7. The van der Waals surface area contributed by atoms with Gasteiger partial charge in [0.1, 0.15) is 165 Å². The first kappa shape index (κ1) is 79.4. The van der Waals surface area contributed by atoms with Crippen LogP contribution in [0.4, 0.5) is 0 Å². The number of hydrogen-bond acceptors (Lipinski definition) is 38. The minimum Gasteiger partial charge on any atom is -0.477 e. The van der Waals surface area contributed by atoms with Gasteiger partial charge >= 0.3 is 5.97 Å². The van der Waals surface area contributed by atoms with Gasteiger partial charge < -0.3 is 190 Å². The zero-order valence-electron chi connectivity index (χ0n) is 51.6. The van der Waals surface area contributed by atoms with E-state index in [1.165, 1.54) is 0 Å².